The highest BCUT2D eigenvalue weighted by molar-refractivity contribution is 6.09. The largest absolute Gasteiger partial charge is 0.507 e. The van der Waals surface area contributed by atoms with E-state index in [9.17, 15) is 19.1 Å². The van der Waals surface area contributed by atoms with Gasteiger partial charge in [0, 0.05) is 0 Å². The zero-order valence-corrected chi connectivity index (χ0v) is 10.1. The van der Waals surface area contributed by atoms with Gasteiger partial charge in [-0.15, -0.1) is 0 Å². The summed E-state index contributed by atoms with van der Waals surface area (Å²) in [6.45, 7) is 0. The van der Waals surface area contributed by atoms with Crippen molar-refractivity contribution in [3.05, 3.63) is 59.4 Å². The molecule has 6 heteroatoms. The van der Waals surface area contributed by atoms with Gasteiger partial charge in [-0.2, -0.15) is 0 Å². The number of carbonyl (C=O) groups is 2. The van der Waals surface area contributed by atoms with Gasteiger partial charge in [-0.25, -0.2) is 9.18 Å². The number of aromatic hydroxyl groups is 1. The van der Waals surface area contributed by atoms with Crippen LogP contribution < -0.4 is 5.32 Å². The summed E-state index contributed by atoms with van der Waals surface area (Å²) < 4.78 is 13.6. The first-order valence-corrected chi connectivity index (χ1v) is 5.62. The Bertz CT molecular complexity index is 685. The molecule has 3 N–H and O–H groups in total. The van der Waals surface area contributed by atoms with E-state index in [4.69, 9.17) is 5.11 Å². The first-order valence-electron chi connectivity index (χ1n) is 5.62. The molecule has 1 amide bonds. The number of phenolic OH excluding ortho intramolecular Hbond substituents is 1. The number of hydrogen-bond acceptors (Lipinski definition) is 3. The second-order valence-electron chi connectivity index (χ2n) is 3.94. The van der Waals surface area contributed by atoms with E-state index in [1.807, 2.05) is 0 Å². The number of carbonyl (C=O) groups excluding carboxylic acids is 1. The lowest BCUT2D eigenvalue weighted by Gasteiger charge is -2.10. The van der Waals surface area contributed by atoms with Gasteiger partial charge in [-0.3, -0.25) is 4.79 Å². The maximum atomic E-state index is 13.6. The summed E-state index contributed by atoms with van der Waals surface area (Å²) in [6, 6.07) is 9.12. The molecule has 0 saturated carbocycles. The normalized spacial score (nSPS) is 10.1. The predicted octanol–water partition coefficient (Wildman–Crippen LogP) is 2.48. The zero-order valence-electron chi connectivity index (χ0n) is 10.1. The quantitative estimate of drug-likeness (QED) is 0.803. The van der Waals surface area contributed by atoms with Gasteiger partial charge < -0.3 is 15.5 Å². The number of carboxylic acid groups (broad SMARTS) is 1. The van der Waals surface area contributed by atoms with Crippen molar-refractivity contribution in [3.8, 4) is 5.75 Å². The molecule has 0 spiro atoms. The van der Waals surface area contributed by atoms with Crippen molar-refractivity contribution in [1.82, 2.24) is 0 Å². The Morgan fingerprint density at radius 1 is 1.00 bits per heavy atom. The van der Waals surface area contributed by atoms with Gasteiger partial charge in [0.15, 0.2) is 0 Å². The van der Waals surface area contributed by atoms with E-state index in [2.05, 4.69) is 5.32 Å². The predicted molar refractivity (Wildman–Crippen MR) is 69.4 cm³/mol. The summed E-state index contributed by atoms with van der Waals surface area (Å²) in [5, 5.41) is 20.7. The molecule has 0 unspecified atom stereocenters. The molecule has 0 bridgehead atoms. The number of anilines is 1. The monoisotopic (exact) mass is 275 g/mol. The number of carboxylic acids is 1. The summed E-state index contributed by atoms with van der Waals surface area (Å²) in [7, 11) is 0. The zero-order chi connectivity index (χ0) is 14.7. The first kappa shape index (κ1) is 13.5. The van der Waals surface area contributed by atoms with Crippen LogP contribution in [0.15, 0.2) is 42.5 Å². The second kappa shape index (κ2) is 5.40. The SMILES string of the molecule is O=C(Nc1c(F)cccc1C(=O)O)c1ccccc1O. The lowest BCUT2D eigenvalue weighted by atomic mass is 10.1. The average molecular weight is 275 g/mol. The summed E-state index contributed by atoms with van der Waals surface area (Å²) in [4.78, 5) is 22.9. The molecule has 0 atom stereocenters. The molecule has 0 aliphatic carbocycles. The molecule has 0 heterocycles. The first-order chi connectivity index (χ1) is 9.50. The molecule has 2 aromatic rings. The highest BCUT2D eigenvalue weighted by Crippen LogP contribution is 2.23. The molecular formula is C14H10FNO4. The third-order valence-electron chi connectivity index (χ3n) is 2.63. The molecule has 2 rings (SSSR count). The maximum absolute atomic E-state index is 13.6. The number of amides is 1. The Morgan fingerprint density at radius 3 is 2.30 bits per heavy atom. The fourth-order valence-electron chi connectivity index (χ4n) is 1.68. The number of hydrogen-bond donors (Lipinski definition) is 3. The van der Waals surface area contributed by atoms with Gasteiger partial charge in [0.1, 0.15) is 11.6 Å². The van der Waals surface area contributed by atoms with E-state index in [-0.39, 0.29) is 16.9 Å². The molecule has 0 aromatic heterocycles. The highest BCUT2D eigenvalue weighted by atomic mass is 19.1. The Hall–Kier alpha value is -2.89. The van der Waals surface area contributed by atoms with Crippen LogP contribution in [0, 0.1) is 5.82 Å². The number of aromatic carboxylic acids is 1. The Labute approximate surface area is 113 Å². The third kappa shape index (κ3) is 2.59. The Morgan fingerprint density at radius 2 is 1.65 bits per heavy atom. The number of benzene rings is 2. The summed E-state index contributed by atoms with van der Waals surface area (Å²) in [5.41, 5.74) is -0.880. The van der Waals surface area contributed by atoms with Crippen LogP contribution in [-0.4, -0.2) is 22.1 Å². The van der Waals surface area contributed by atoms with Gasteiger partial charge in [0.05, 0.1) is 16.8 Å². The van der Waals surface area contributed by atoms with Gasteiger partial charge in [-0.1, -0.05) is 18.2 Å². The number of halogens is 1. The van der Waals surface area contributed by atoms with Crippen LogP contribution in [0.5, 0.6) is 5.75 Å². The van der Waals surface area contributed by atoms with Crippen LogP contribution in [0.4, 0.5) is 10.1 Å². The Balaban J connectivity index is 2.38. The second-order valence-corrected chi connectivity index (χ2v) is 3.94. The van der Waals surface area contributed by atoms with E-state index >= 15 is 0 Å². The minimum Gasteiger partial charge on any atom is -0.507 e. The van der Waals surface area contributed by atoms with Crippen molar-refractivity contribution in [2.75, 3.05) is 5.32 Å². The van der Waals surface area contributed by atoms with Gasteiger partial charge in [0.25, 0.3) is 5.91 Å². The highest BCUT2D eigenvalue weighted by Gasteiger charge is 2.18. The van der Waals surface area contributed by atoms with E-state index in [1.165, 1.54) is 36.4 Å². The van der Waals surface area contributed by atoms with Crippen LogP contribution in [0.1, 0.15) is 20.7 Å². The fourth-order valence-corrected chi connectivity index (χ4v) is 1.68. The minimum absolute atomic E-state index is 0.0768. The number of rotatable bonds is 3. The summed E-state index contributed by atoms with van der Waals surface area (Å²) in [6.07, 6.45) is 0. The standard InChI is InChI=1S/C14H10FNO4/c15-10-6-3-5-9(14(19)20)12(10)16-13(18)8-4-1-2-7-11(8)17/h1-7,17H,(H,16,18)(H,19,20). The smallest absolute Gasteiger partial charge is 0.337 e. The number of para-hydroxylation sites is 2. The van der Waals surface area contributed by atoms with E-state index in [0.29, 0.717) is 0 Å². The molecule has 102 valence electrons. The van der Waals surface area contributed by atoms with Crippen LogP contribution >= 0.6 is 0 Å². The summed E-state index contributed by atoms with van der Waals surface area (Å²) in [5.74, 6) is -3.31. The fraction of sp³-hybridized carbons (Fsp3) is 0. The van der Waals surface area contributed by atoms with E-state index in [0.717, 1.165) is 6.07 Å². The average Bonchev–Trinajstić information content (AvgIpc) is 2.41. The molecule has 0 saturated heterocycles. The van der Waals surface area contributed by atoms with Crippen molar-refractivity contribution >= 4 is 17.6 Å². The van der Waals surface area contributed by atoms with Crippen LogP contribution in [-0.2, 0) is 0 Å². The van der Waals surface area contributed by atoms with E-state index < -0.39 is 23.4 Å². The minimum atomic E-state index is -1.36. The molecule has 0 aliphatic rings. The van der Waals surface area contributed by atoms with Crippen molar-refractivity contribution in [2.24, 2.45) is 0 Å². The third-order valence-corrected chi connectivity index (χ3v) is 2.63. The van der Waals surface area contributed by atoms with Crippen molar-refractivity contribution in [1.29, 1.82) is 0 Å². The maximum Gasteiger partial charge on any atom is 0.337 e. The van der Waals surface area contributed by atoms with Crippen LogP contribution in [0.2, 0.25) is 0 Å². The molecule has 20 heavy (non-hydrogen) atoms. The van der Waals surface area contributed by atoms with Crippen LogP contribution in [0.3, 0.4) is 0 Å². The molecule has 0 fully saturated rings. The van der Waals surface area contributed by atoms with Crippen molar-refractivity contribution in [3.63, 3.8) is 0 Å². The van der Waals surface area contributed by atoms with Crippen molar-refractivity contribution < 1.29 is 24.2 Å². The molecular weight excluding hydrogens is 265 g/mol. The van der Waals surface area contributed by atoms with E-state index in [1.54, 1.807) is 0 Å². The lowest BCUT2D eigenvalue weighted by Crippen LogP contribution is -2.16. The van der Waals surface area contributed by atoms with Crippen molar-refractivity contribution in [2.45, 2.75) is 0 Å². The van der Waals surface area contributed by atoms with Gasteiger partial charge >= 0.3 is 5.97 Å². The Kier molecular flexibility index (Phi) is 3.65. The molecule has 0 aliphatic heterocycles. The number of nitrogens with one attached hydrogen (secondary N) is 1. The lowest BCUT2D eigenvalue weighted by molar-refractivity contribution is 0.0697. The summed E-state index contributed by atoms with van der Waals surface area (Å²) >= 11 is 0. The number of phenols is 1. The van der Waals surface area contributed by atoms with Gasteiger partial charge in [-0.05, 0) is 24.3 Å². The molecule has 5 nitrogen and oxygen atoms in total. The topological polar surface area (TPSA) is 86.6 Å². The molecule has 2 aromatic carbocycles. The van der Waals surface area contributed by atoms with Gasteiger partial charge in [0.2, 0.25) is 0 Å². The van der Waals surface area contributed by atoms with Crippen LogP contribution in [0.25, 0.3) is 0 Å². The molecule has 0 radical (unpaired) electrons.